The number of rotatable bonds is 3. The van der Waals surface area contributed by atoms with E-state index in [1.807, 2.05) is 0 Å². The highest BCUT2D eigenvalue weighted by Crippen LogP contribution is 2.37. The molecule has 3 atom stereocenters. The van der Waals surface area contributed by atoms with Crippen LogP contribution in [0.5, 0.6) is 0 Å². The number of esters is 1. The summed E-state index contributed by atoms with van der Waals surface area (Å²) >= 11 is 12.5. The highest BCUT2D eigenvalue weighted by atomic mass is 35.5. The first-order chi connectivity index (χ1) is 12.0. The third kappa shape index (κ3) is 3.16. The summed E-state index contributed by atoms with van der Waals surface area (Å²) in [4.78, 5) is 12.8. The molecule has 0 radical (unpaired) electrons. The summed E-state index contributed by atoms with van der Waals surface area (Å²) in [6.45, 7) is 1.68. The van der Waals surface area contributed by atoms with Crippen LogP contribution in [0.2, 0.25) is 10.0 Å². The predicted octanol–water partition coefficient (Wildman–Crippen LogP) is 4.40. The molecule has 3 heterocycles. The fraction of sp³-hybridized carbons (Fsp3) is 0.444. The Balaban J connectivity index is 1.62. The van der Waals surface area contributed by atoms with Crippen LogP contribution in [0.15, 0.2) is 22.7 Å². The topological polar surface area (TPSA) is 64.4 Å². The zero-order valence-corrected chi connectivity index (χ0v) is 15.2. The van der Waals surface area contributed by atoms with Crippen LogP contribution in [0.4, 0.5) is 0 Å². The number of benzene rings is 1. The lowest BCUT2D eigenvalue weighted by molar-refractivity contribution is 0.0176. The van der Waals surface area contributed by atoms with Crippen LogP contribution in [0, 0.1) is 6.92 Å². The molecule has 2 aliphatic heterocycles. The number of piperidine rings is 1. The van der Waals surface area contributed by atoms with Gasteiger partial charge in [0.25, 0.3) is 0 Å². The lowest BCUT2D eigenvalue weighted by Crippen LogP contribution is -2.42. The second-order valence-electron chi connectivity index (χ2n) is 6.70. The monoisotopic (exact) mass is 380 g/mol. The van der Waals surface area contributed by atoms with Crippen molar-refractivity contribution in [1.29, 1.82) is 0 Å². The SMILES string of the molecule is Cc1onc(-c2c(Cl)cccc2Cl)c1C(=O)O[C@H]1C[C@H]2CC[C@@H](C1)N2. The number of halogens is 2. The van der Waals surface area contributed by atoms with E-state index in [2.05, 4.69) is 10.5 Å². The summed E-state index contributed by atoms with van der Waals surface area (Å²) in [5, 5.41) is 8.37. The Morgan fingerprint density at radius 1 is 1.24 bits per heavy atom. The summed E-state index contributed by atoms with van der Waals surface area (Å²) < 4.78 is 11.0. The molecule has 1 N–H and O–H groups in total. The Kier molecular flexibility index (Phi) is 4.48. The van der Waals surface area contributed by atoms with Gasteiger partial charge in [-0.15, -0.1) is 0 Å². The van der Waals surface area contributed by atoms with E-state index in [4.69, 9.17) is 32.5 Å². The molecular weight excluding hydrogens is 363 g/mol. The Morgan fingerprint density at radius 2 is 1.88 bits per heavy atom. The zero-order chi connectivity index (χ0) is 17.6. The van der Waals surface area contributed by atoms with Gasteiger partial charge in [-0.3, -0.25) is 0 Å². The van der Waals surface area contributed by atoms with Crippen LogP contribution in [-0.4, -0.2) is 29.3 Å². The fourth-order valence-electron chi connectivity index (χ4n) is 3.82. The van der Waals surface area contributed by atoms with Crippen LogP contribution in [-0.2, 0) is 4.74 Å². The number of nitrogens with zero attached hydrogens (tertiary/aromatic N) is 1. The molecule has 5 nitrogen and oxygen atoms in total. The first-order valence-electron chi connectivity index (χ1n) is 8.40. The van der Waals surface area contributed by atoms with Gasteiger partial charge in [0, 0.05) is 17.6 Å². The number of carbonyl (C=O) groups excluding carboxylic acids is 1. The van der Waals surface area contributed by atoms with E-state index in [0.29, 0.717) is 44.7 Å². The number of aryl methyl sites for hydroxylation is 1. The molecule has 132 valence electrons. The molecule has 2 aromatic rings. The number of aromatic nitrogens is 1. The van der Waals surface area contributed by atoms with Gasteiger partial charge in [0.15, 0.2) is 0 Å². The second kappa shape index (κ2) is 6.63. The van der Waals surface area contributed by atoms with Gasteiger partial charge in [-0.25, -0.2) is 4.79 Å². The van der Waals surface area contributed by atoms with Crippen molar-refractivity contribution in [2.75, 3.05) is 0 Å². The Labute approximate surface area is 155 Å². The molecule has 0 saturated carbocycles. The zero-order valence-electron chi connectivity index (χ0n) is 13.7. The van der Waals surface area contributed by atoms with Crippen molar-refractivity contribution in [2.45, 2.75) is 50.8 Å². The van der Waals surface area contributed by atoms with Crippen molar-refractivity contribution in [2.24, 2.45) is 0 Å². The van der Waals surface area contributed by atoms with Gasteiger partial charge in [0.2, 0.25) is 0 Å². The number of hydrogen-bond donors (Lipinski definition) is 1. The fourth-order valence-corrected chi connectivity index (χ4v) is 4.40. The highest BCUT2D eigenvalue weighted by molar-refractivity contribution is 6.39. The molecule has 2 fully saturated rings. The van der Waals surface area contributed by atoms with Gasteiger partial charge in [-0.05, 0) is 44.7 Å². The van der Waals surface area contributed by atoms with Crippen molar-refractivity contribution in [3.8, 4) is 11.3 Å². The molecule has 2 saturated heterocycles. The average Bonchev–Trinajstić information content (AvgIpc) is 3.10. The van der Waals surface area contributed by atoms with Crippen LogP contribution in [0.1, 0.15) is 41.8 Å². The van der Waals surface area contributed by atoms with E-state index >= 15 is 0 Å². The van der Waals surface area contributed by atoms with Gasteiger partial charge in [-0.1, -0.05) is 34.4 Å². The minimum absolute atomic E-state index is 0.0879. The number of carbonyl (C=O) groups is 1. The maximum Gasteiger partial charge on any atom is 0.344 e. The lowest BCUT2D eigenvalue weighted by Gasteiger charge is -2.28. The molecule has 4 rings (SSSR count). The molecule has 0 unspecified atom stereocenters. The van der Waals surface area contributed by atoms with Crippen LogP contribution >= 0.6 is 23.2 Å². The summed E-state index contributed by atoms with van der Waals surface area (Å²) in [6.07, 6.45) is 3.88. The van der Waals surface area contributed by atoms with E-state index in [-0.39, 0.29) is 6.10 Å². The van der Waals surface area contributed by atoms with Crippen molar-refractivity contribution in [3.63, 3.8) is 0 Å². The summed E-state index contributed by atoms with van der Waals surface area (Å²) in [5.41, 5.74) is 1.11. The summed E-state index contributed by atoms with van der Waals surface area (Å²) in [6, 6.07) is 6.03. The molecule has 0 aliphatic carbocycles. The summed E-state index contributed by atoms with van der Waals surface area (Å²) in [5.74, 6) is -0.0380. The smallest absolute Gasteiger partial charge is 0.344 e. The molecule has 2 aliphatic rings. The van der Waals surface area contributed by atoms with Gasteiger partial charge in [-0.2, -0.15) is 0 Å². The van der Waals surface area contributed by atoms with Gasteiger partial charge in [0.05, 0.1) is 10.0 Å². The van der Waals surface area contributed by atoms with Crippen molar-refractivity contribution in [1.82, 2.24) is 10.5 Å². The Hall–Kier alpha value is -1.56. The first kappa shape index (κ1) is 16.9. The van der Waals surface area contributed by atoms with Crippen molar-refractivity contribution in [3.05, 3.63) is 39.6 Å². The maximum atomic E-state index is 12.8. The van der Waals surface area contributed by atoms with E-state index in [0.717, 1.165) is 25.7 Å². The van der Waals surface area contributed by atoms with E-state index < -0.39 is 5.97 Å². The third-order valence-corrected chi connectivity index (χ3v) is 5.60. The molecule has 7 heteroatoms. The lowest BCUT2D eigenvalue weighted by atomic mass is 10.0. The molecule has 2 bridgehead atoms. The molecule has 0 amide bonds. The Bertz CT molecular complexity index is 788. The minimum atomic E-state index is -0.434. The average molecular weight is 381 g/mol. The van der Waals surface area contributed by atoms with E-state index in [9.17, 15) is 4.79 Å². The number of nitrogens with one attached hydrogen (secondary N) is 1. The third-order valence-electron chi connectivity index (χ3n) is 4.97. The largest absolute Gasteiger partial charge is 0.459 e. The molecule has 1 aromatic carbocycles. The van der Waals surface area contributed by atoms with E-state index in [1.54, 1.807) is 25.1 Å². The first-order valence-corrected chi connectivity index (χ1v) is 9.16. The van der Waals surface area contributed by atoms with Crippen molar-refractivity contribution < 1.29 is 14.1 Å². The second-order valence-corrected chi connectivity index (χ2v) is 7.51. The standard InChI is InChI=1S/C18H18Cl2N2O3/c1-9-15(17(22-25-9)16-13(19)3-2-4-14(16)20)18(23)24-12-7-10-5-6-11(8-12)21-10/h2-4,10-12,21H,5-8H2,1H3/t10-,11+,12+. The summed E-state index contributed by atoms with van der Waals surface area (Å²) in [7, 11) is 0. The van der Waals surface area contributed by atoms with Crippen molar-refractivity contribution >= 4 is 29.2 Å². The normalized spacial score (nSPS) is 25.2. The van der Waals surface area contributed by atoms with Gasteiger partial charge < -0.3 is 14.6 Å². The quantitative estimate of drug-likeness (QED) is 0.799. The molecule has 1 aromatic heterocycles. The van der Waals surface area contributed by atoms with E-state index in [1.165, 1.54) is 0 Å². The molecular formula is C18H18Cl2N2O3. The Morgan fingerprint density at radius 3 is 2.52 bits per heavy atom. The predicted molar refractivity (Wildman–Crippen MR) is 95.1 cm³/mol. The van der Waals surface area contributed by atoms with Crippen LogP contribution in [0.3, 0.4) is 0 Å². The van der Waals surface area contributed by atoms with Crippen LogP contribution in [0.25, 0.3) is 11.3 Å². The minimum Gasteiger partial charge on any atom is -0.459 e. The number of ether oxygens (including phenoxy) is 1. The van der Waals surface area contributed by atoms with Gasteiger partial charge in [0.1, 0.15) is 23.1 Å². The number of fused-ring (bicyclic) bond motifs is 2. The highest BCUT2D eigenvalue weighted by Gasteiger charge is 2.36. The molecule has 25 heavy (non-hydrogen) atoms. The molecule has 0 spiro atoms. The number of hydrogen-bond acceptors (Lipinski definition) is 5. The van der Waals surface area contributed by atoms with Gasteiger partial charge >= 0.3 is 5.97 Å². The van der Waals surface area contributed by atoms with Crippen LogP contribution < -0.4 is 5.32 Å². The maximum absolute atomic E-state index is 12.8.